The first-order valence-corrected chi connectivity index (χ1v) is 11.7. The van der Waals surface area contributed by atoms with Crippen LogP contribution < -0.4 is 9.46 Å². The highest BCUT2D eigenvalue weighted by Gasteiger charge is 2.27. The molecule has 3 aromatic rings. The quantitative estimate of drug-likeness (QED) is 0.578. The number of hydrogen-bond acceptors (Lipinski definition) is 4. The molecular weight excluding hydrogens is 455 g/mol. The predicted octanol–water partition coefficient (Wildman–Crippen LogP) is 4.76. The van der Waals surface area contributed by atoms with E-state index in [0.717, 1.165) is 5.56 Å². The van der Waals surface area contributed by atoms with Gasteiger partial charge in [-0.3, -0.25) is 9.52 Å². The molecule has 0 spiro atoms. The highest BCUT2D eigenvalue weighted by Crippen LogP contribution is 2.32. The highest BCUT2D eigenvalue weighted by atomic mass is 35.5. The highest BCUT2D eigenvalue weighted by molar-refractivity contribution is 7.92. The van der Waals surface area contributed by atoms with Crippen molar-refractivity contribution in [2.45, 2.75) is 24.4 Å². The summed E-state index contributed by atoms with van der Waals surface area (Å²) in [4.78, 5) is 14.4. The van der Waals surface area contributed by atoms with Crippen molar-refractivity contribution >= 4 is 33.2 Å². The van der Waals surface area contributed by atoms with Gasteiger partial charge in [-0.1, -0.05) is 29.8 Å². The third-order valence-corrected chi connectivity index (χ3v) is 6.87. The van der Waals surface area contributed by atoms with Gasteiger partial charge in [0.05, 0.1) is 17.5 Å². The lowest BCUT2D eigenvalue weighted by Gasteiger charge is -2.28. The van der Waals surface area contributed by atoms with Crippen LogP contribution in [0.3, 0.4) is 0 Å². The zero-order valence-electron chi connectivity index (χ0n) is 17.1. The summed E-state index contributed by atoms with van der Waals surface area (Å²) in [5, 5.41) is 0.312. The smallest absolute Gasteiger partial charge is 0.261 e. The van der Waals surface area contributed by atoms with E-state index in [1.54, 1.807) is 47.4 Å². The van der Waals surface area contributed by atoms with Gasteiger partial charge < -0.3 is 9.64 Å². The summed E-state index contributed by atoms with van der Waals surface area (Å²) in [6.45, 7) is 1.91. The van der Waals surface area contributed by atoms with E-state index in [0.29, 0.717) is 22.0 Å². The maximum atomic E-state index is 13.3. The van der Waals surface area contributed by atoms with Gasteiger partial charge in [0.25, 0.3) is 15.9 Å². The van der Waals surface area contributed by atoms with Gasteiger partial charge in [-0.2, -0.15) is 0 Å². The summed E-state index contributed by atoms with van der Waals surface area (Å²) >= 11 is 5.92. The second kappa shape index (κ2) is 8.80. The summed E-state index contributed by atoms with van der Waals surface area (Å²) < 4.78 is 46.9. The minimum atomic E-state index is -3.85. The molecule has 0 aliphatic carbocycles. The molecule has 0 saturated heterocycles. The van der Waals surface area contributed by atoms with Crippen molar-refractivity contribution in [2.75, 3.05) is 11.3 Å². The van der Waals surface area contributed by atoms with Crippen molar-refractivity contribution in [2.24, 2.45) is 0 Å². The first-order valence-electron chi connectivity index (χ1n) is 9.82. The van der Waals surface area contributed by atoms with Gasteiger partial charge in [-0.05, 0) is 61.0 Å². The minimum Gasteiger partial charge on any atom is -0.483 e. The van der Waals surface area contributed by atoms with Crippen molar-refractivity contribution in [3.05, 3.63) is 88.7 Å². The third-order valence-electron chi connectivity index (χ3n) is 5.25. The topological polar surface area (TPSA) is 75.7 Å². The van der Waals surface area contributed by atoms with Crippen molar-refractivity contribution in [1.82, 2.24) is 4.90 Å². The van der Waals surface area contributed by atoms with Gasteiger partial charge in [-0.25, -0.2) is 12.8 Å². The number of fused-ring (bicyclic) bond motifs is 1. The maximum Gasteiger partial charge on any atom is 0.261 e. The van der Waals surface area contributed by atoms with Gasteiger partial charge in [0.15, 0.2) is 6.61 Å². The molecule has 1 aliphatic rings. The Morgan fingerprint density at radius 1 is 1.09 bits per heavy atom. The molecule has 0 radical (unpaired) electrons. The normalized spacial score (nSPS) is 14.8. The summed E-state index contributed by atoms with van der Waals surface area (Å²) in [5.41, 5.74) is 1.76. The third kappa shape index (κ3) is 4.71. The molecule has 1 amide bonds. The molecule has 3 aromatic carbocycles. The molecule has 0 saturated carbocycles. The number of carbonyl (C=O) groups is 1. The Bertz CT molecular complexity index is 1270. The Balaban J connectivity index is 1.61. The lowest BCUT2D eigenvalue weighted by molar-refractivity contribution is -0.135. The molecule has 1 aliphatic heterocycles. The second-order valence-electron chi connectivity index (χ2n) is 7.42. The summed E-state index contributed by atoms with van der Waals surface area (Å²) in [7, 11) is -3.85. The van der Waals surface area contributed by atoms with Crippen LogP contribution in [0.2, 0.25) is 5.02 Å². The van der Waals surface area contributed by atoms with Gasteiger partial charge in [-0.15, -0.1) is 0 Å². The van der Waals surface area contributed by atoms with Crippen molar-refractivity contribution in [1.29, 1.82) is 0 Å². The van der Waals surface area contributed by atoms with E-state index in [1.807, 2.05) is 6.92 Å². The summed E-state index contributed by atoms with van der Waals surface area (Å²) in [5.74, 6) is -0.0783. The van der Waals surface area contributed by atoms with Gasteiger partial charge in [0, 0.05) is 16.3 Å². The molecule has 32 heavy (non-hydrogen) atoms. The lowest BCUT2D eigenvalue weighted by atomic mass is 10.1. The average Bonchev–Trinajstić information content (AvgIpc) is 2.92. The zero-order valence-corrected chi connectivity index (χ0v) is 18.7. The van der Waals surface area contributed by atoms with Crippen LogP contribution in [0.4, 0.5) is 10.1 Å². The van der Waals surface area contributed by atoms with Gasteiger partial charge in [0.2, 0.25) is 0 Å². The number of sulfonamides is 1. The molecule has 166 valence electrons. The Morgan fingerprint density at radius 3 is 2.56 bits per heavy atom. The lowest BCUT2D eigenvalue weighted by Crippen LogP contribution is -2.34. The van der Waals surface area contributed by atoms with Crippen LogP contribution in [0.25, 0.3) is 0 Å². The van der Waals surface area contributed by atoms with Crippen LogP contribution in [-0.4, -0.2) is 25.8 Å². The van der Waals surface area contributed by atoms with E-state index in [2.05, 4.69) is 4.72 Å². The largest absolute Gasteiger partial charge is 0.483 e. The number of rotatable bonds is 5. The zero-order chi connectivity index (χ0) is 22.9. The van der Waals surface area contributed by atoms with Crippen molar-refractivity contribution in [3.63, 3.8) is 0 Å². The first kappa shape index (κ1) is 22.1. The molecule has 0 fully saturated rings. The Kier molecular flexibility index (Phi) is 6.08. The van der Waals surface area contributed by atoms with Gasteiger partial charge >= 0.3 is 0 Å². The molecule has 9 heteroatoms. The maximum absolute atomic E-state index is 13.3. The standard InChI is InChI=1S/C23H20ClFN2O4S/c1-15(16-5-7-19(25)8-6-16)27-13-17-11-20(9-10-22(17)31-14-23(27)28)26-32(29,30)21-4-2-3-18(24)12-21/h2-12,15,26H,13-14H2,1H3. The molecule has 0 aromatic heterocycles. The molecule has 6 nitrogen and oxygen atoms in total. The van der Waals surface area contributed by atoms with Crippen LogP contribution in [0.5, 0.6) is 5.75 Å². The van der Waals surface area contributed by atoms with Crippen molar-refractivity contribution in [3.8, 4) is 5.75 Å². The van der Waals surface area contributed by atoms with E-state index in [1.165, 1.54) is 24.3 Å². The van der Waals surface area contributed by atoms with E-state index in [4.69, 9.17) is 16.3 Å². The van der Waals surface area contributed by atoms with Crippen LogP contribution in [0, 0.1) is 5.82 Å². The van der Waals surface area contributed by atoms with Crippen LogP contribution in [0.15, 0.2) is 71.6 Å². The molecule has 1 N–H and O–H groups in total. The average molecular weight is 475 g/mol. The predicted molar refractivity (Wildman–Crippen MR) is 120 cm³/mol. The minimum absolute atomic E-state index is 0.0397. The fourth-order valence-electron chi connectivity index (χ4n) is 3.52. The van der Waals surface area contributed by atoms with E-state index in [-0.39, 0.29) is 35.8 Å². The van der Waals surface area contributed by atoms with Crippen molar-refractivity contribution < 1.29 is 22.3 Å². The SMILES string of the molecule is CC(c1ccc(F)cc1)N1Cc2cc(NS(=O)(=O)c3cccc(Cl)c3)ccc2OCC1=O. The second-order valence-corrected chi connectivity index (χ2v) is 9.54. The van der Waals surface area contributed by atoms with E-state index in [9.17, 15) is 17.6 Å². The Morgan fingerprint density at radius 2 is 1.84 bits per heavy atom. The molecule has 4 rings (SSSR count). The van der Waals surface area contributed by atoms with Crippen LogP contribution in [-0.2, 0) is 21.4 Å². The molecule has 1 atom stereocenters. The van der Waals surface area contributed by atoms with Gasteiger partial charge in [0.1, 0.15) is 11.6 Å². The number of amides is 1. The number of nitrogens with one attached hydrogen (secondary N) is 1. The number of hydrogen-bond donors (Lipinski definition) is 1. The Labute approximate surface area is 190 Å². The first-order chi connectivity index (χ1) is 15.2. The molecule has 1 unspecified atom stereocenters. The summed E-state index contributed by atoms with van der Waals surface area (Å²) in [6.07, 6.45) is 0. The molecule has 0 bridgehead atoms. The number of nitrogens with zero attached hydrogens (tertiary/aromatic N) is 1. The number of halogens is 2. The Hall–Kier alpha value is -3.10. The van der Waals surface area contributed by atoms with E-state index >= 15 is 0 Å². The number of carbonyl (C=O) groups excluding carboxylic acids is 1. The fourth-order valence-corrected chi connectivity index (χ4v) is 4.87. The fraction of sp³-hybridized carbons (Fsp3) is 0.174. The van der Waals surface area contributed by atoms with E-state index < -0.39 is 10.0 Å². The molecular formula is C23H20ClFN2O4S. The summed E-state index contributed by atoms with van der Waals surface area (Å²) in [6, 6.07) is 16.4. The number of anilines is 1. The van der Waals surface area contributed by atoms with Crippen LogP contribution >= 0.6 is 11.6 Å². The monoisotopic (exact) mass is 474 g/mol. The molecule has 1 heterocycles. The van der Waals surface area contributed by atoms with Crippen LogP contribution in [0.1, 0.15) is 24.1 Å². The number of ether oxygens (including phenoxy) is 1. The number of benzene rings is 3.